The fourth-order valence-electron chi connectivity index (χ4n) is 2.71. The van der Waals surface area contributed by atoms with Gasteiger partial charge in [-0.2, -0.15) is 0 Å². The van der Waals surface area contributed by atoms with Gasteiger partial charge in [-0.15, -0.1) is 0 Å². The summed E-state index contributed by atoms with van der Waals surface area (Å²) in [5, 5.41) is 15.7. The predicted octanol–water partition coefficient (Wildman–Crippen LogP) is 0.707. The number of aliphatic carboxylic acids is 1. The molecule has 0 aliphatic carbocycles. The summed E-state index contributed by atoms with van der Waals surface area (Å²) in [6, 6.07) is 1.93. The van der Waals surface area contributed by atoms with Crippen molar-refractivity contribution in [3.8, 4) is 0 Å². The van der Waals surface area contributed by atoms with Gasteiger partial charge in [0.25, 0.3) is 0 Å². The van der Waals surface area contributed by atoms with Crippen molar-refractivity contribution in [1.29, 1.82) is 0 Å². The van der Waals surface area contributed by atoms with Gasteiger partial charge in [-0.25, -0.2) is 0 Å². The van der Waals surface area contributed by atoms with Gasteiger partial charge < -0.3 is 19.7 Å². The molecule has 1 unspecified atom stereocenters. The van der Waals surface area contributed by atoms with Crippen LogP contribution in [-0.2, 0) is 22.7 Å². The lowest BCUT2D eigenvalue weighted by Crippen LogP contribution is -2.40. The molecule has 1 aromatic heterocycles. The molecule has 1 atom stereocenters. The molecule has 0 spiro atoms. The van der Waals surface area contributed by atoms with Crippen LogP contribution in [0.3, 0.4) is 0 Å². The molecule has 118 valence electrons. The Morgan fingerprint density at radius 1 is 1.67 bits per heavy atom. The van der Waals surface area contributed by atoms with Crippen molar-refractivity contribution in [3.05, 3.63) is 17.5 Å². The Hall–Kier alpha value is -1.44. The number of nitrogens with one attached hydrogen (secondary N) is 1. The van der Waals surface area contributed by atoms with Crippen molar-refractivity contribution < 1.29 is 19.2 Å². The predicted molar refractivity (Wildman–Crippen MR) is 75.7 cm³/mol. The first-order valence-electron chi connectivity index (χ1n) is 7.25. The summed E-state index contributed by atoms with van der Waals surface area (Å²) in [7, 11) is 1.63. The standard InChI is InChI=1S/C14H23N3O4/c1-20-10-13-5-12(16-21-13)9-17-4-2-3-11(8-17)6-15-7-14(18)19/h5,11,15H,2-4,6-10H2,1H3,(H,18,19). The number of carboxylic acids is 1. The van der Waals surface area contributed by atoms with Crippen molar-refractivity contribution in [2.24, 2.45) is 5.92 Å². The van der Waals surface area contributed by atoms with Crippen LogP contribution in [0.15, 0.2) is 10.6 Å². The molecule has 0 saturated carbocycles. The van der Waals surface area contributed by atoms with E-state index in [2.05, 4.69) is 15.4 Å². The topological polar surface area (TPSA) is 87.8 Å². The molecule has 0 amide bonds. The van der Waals surface area contributed by atoms with E-state index < -0.39 is 5.97 Å². The van der Waals surface area contributed by atoms with E-state index in [1.807, 2.05) is 6.07 Å². The SMILES string of the molecule is COCc1cc(CN2CCCC(CNCC(=O)O)C2)no1. The molecular formula is C14H23N3O4. The lowest BCUT2D eigenvalue weighted by molar-refractivity contribution is -0.136. The molecule has 0 aromatic carbocycles. The molecular weight excluding hydrogens is 274 g/mol. The van der Waals surface area contributed by atoms with Gasteiger partial charge in [0.1, 0.15) is 6.61 Å². The van der Waals surface area contributed by atoms with E-state index in [4.69, 9.17) is 14.4 Å². The van der Waals surface area contributed by atoms with Crippen molar-refractivity contribution in [2.75, 3.05) is 33.3 Å². The second kappa shape index (κ2) is 8.11. The number of aromatic nitrogens is 1. The third kappa shape index (κ3) is 5.45. The Morgan fingerprint density at radius 3 is 3.29 bits per heavy atom. The summed E-state index contributed by atoms with van der Waals surface area (Å²) in [5.41, 5.74) is 0.918. The second-order valence-electron chi connectivity index (χ2n) is 5.49. The maximum Gasteiger partial charge on any atom is 0.317 e. The number of likely N-dealkylation sites (tertiary alicyclic amines) is 1. The zero-order valence-electron chi connectivity index (χ0n) is 12.4. The Morgan fingerprint density at radius 2 is 2.52 bits per heavy atom. The number of rotatable bonds is 8. The fraction of sp³-hybridized carbons (Fsp3) is 0.714. The smallest absolute Gasteiger partial charge is 0.317 e. The molecule has 7 heteroatoms. The molecule has 1 aliphatic heterocycles. The lowest BCUT2D eigenvalue weighted by atomic mass is 9.98. The summed E-state index contributed by atoms with van der Waals surface area (Å²) < 4.78 is 10.2. The van der Waals surface area contributed by atoms with Gasteiger partial charge in [0.15, 0.2) is 5.76 Å². The van der Waals surface area contributed by atoms with Gasteiger partial charge in [0, 0.05) is 26.3 Å². The first kappa shape index (κ1) is 15.9. The van der Waals surface area contributed by atoms with E-state index in [1.165, 1.54) is 0 Å². The Kier molecular flexibility index (Phi) is 6.16. The van der Waals surface area contributed by atoms with Crippen LogP contribution in [0, 0.1) is 5.92 Å². The highest BCUT2D eigenvalue weighted by molar-refractivity contribution is 5.68. The largest absolute Gasteiger partial charge is 0.480 e. The molecule has 7 nitrogen and oxygen atoms in total. The van der Waals surface area contributed by atoms with Crippen LogP contribution in [0.1, 0.15) is 24.3 Å². The summed E-state index contributed by atoms with van der Waals surface area (Å²) in [4.78, 5) is 12.8. The summed E-state index contributed by atoms with van der Waals surface area (Å²) in [6.07, 6.45) is 2.26. The maximum atomic E-state index is 10.5. The van der Waals surface area contributed by atoms with Crippen LogP contribution < -0.4 is 5.32 Å². The Bertz CT molecular complexity index is 449. The highest BCUT2D eigenvalue weighted by Gasteiger charge is 2.21. The summed E-state index contributed by atoms with van der Waals surface area (Å²) >= 11 is 0. The molecule has 0 bridgehead atoms. The fourth-order valence-corrected chi connectivity index (χ4v) is 2.71. The second-order valence-corrected chi connectivity index (χ2v) is 5.49. The van der Waals surface area contributed by atoms with Crippen LogP contribution in [0.25, 0.3) is 0 Å². The number of carbonyl (C=O) groups is 1. The average Bonchev–Trinajstić information content (AvgIpc) is 2.86. The number of hydrogen-bond donors (Lipinski definition) is 2. The highest BCUT2D eigenvalue weighted by Crippen LogP contribution is 2.18. The first-order valence-corrected chi connectivity index (χ1v) is 7.25. The first-order chi connectivity index (χ1) is 10.2. The molecule has 2 heterocycles. The molecule has 0 radical (unpaired) electrons. The van der Waals surface area contributed by atoms with E-state index in [1.54, 1.807) is 7.11 Å². The van der Waals surface area contributed by atoms with Gasteiger partial charge >= 0.3 is 5.97 Å². The normalized spacial score (nSPS) is 19.8. The molecule has 1 fully saturated rings. The molecule has 2 N–H and O–H groups in total. The van der Waals surface area contributed by atoms with Crippen LogP contribution in [-0.4, -0.2) is 54.4 Å². The van der Waals surface area contributed by atoms with Gasteiger partial charge in [0.05, 0.1) is 12.2 Å². The Balaban J connectivity index is 1.76. The van der Waals surface area contributed by atoms with Crippen molar-refractivity contribution in [1.82, 2.24) is 15.4 Å². The van der Waals surface area contributed by atoms with Crippen LogP contribution in [0.2, 0.25) is 0 Å². The molecule has 1 saturated heterocycles. The monoisotopic (exact) mass is 297 g/mol. The van der Waals surface area contributed by atoms with E-state index in [9.17, 15) is 4.79 Å². The highest BCUT2D eigenvalue weighted by atomic mass is 16.5. The number of hydrogen-bond acceptors (Lipinski definition) is 6. The minimum absolute atomic E-state index is 0.0279. The van der Waals surface area contributed by atoms with E-state index in [0.717, 1.165) is 50.5 Å². The quantitative estimate of drug-likeness (QED) is 0.730. The van der Waals surface area contributed by atoms with Crippen molar-refractivity contribution >= 4 is 5.97 Å². The number of ether oxygens (including phenoxy) is 1. The van der Waals surface area contributed by atoms with Gasteiger partial charge in [0.2, 0.25) is 0 Å². The zero-order chi connectivity index (χ0) is 15.1. The number of carboxylic acid groups (broad SMARTS) is 1. The third-order valence-corrected chi connectivity index (χ3v) is 3.59. The summed E-state index contributed by atoms with van der Waals surface area (Å²) in [6.45, 7) is 3.98. The maximum absolute atomic E-state index is 10.5. The number of methoxy groups -OCH3 is 1. The molecule has 1 aromatic rings. The average molecular weight is 297 g/mol. The number of piperidine rings is 1. The third-order valence-electron chi connectivity index (χ3n) is 3.59. The molecule has 2 rings (SSSR count). The molecule has 1 aliphatic rings. The summed E-state index contributed by atoms with van der Waals surface area (Å²) in [5.74, 6) is 0.420. The van der Waals surface area contributed by atoms with Crippen LogP contribution in [0.5, 0.6) is 0 Å². The van der Waals surface area contributed by atoms with Crippen molar-refractivity contribution in [2.45, 2.75) is 26.0 Å². The van der Waals surface area contributed by atoms with Crippen molar-refractivity contribution in [3.63, 3.8) is 0 Å². The molecule has 21 heavy (non-hydrogen) atoms. The lowest BCUT2D eigenvalue weighted by Gasteiger charge is -2.32. The van der Waals surface area contributed by atoms with Crippen LogP contribution >= 0.6 is 0 Å². The van der Waals surface area contributed by atoms with E-state index >= 15 is 0 Å². The minimum Gasteiger partial charge on any atom is -0.480 e. The number of nitrogens with zero attached hydrogens (tertiary/aromatic N) is 2. The van der Waals surface area contributed by atoms with Gasteiger partial charge in [-0.05, 0) is 31.8 Å². The zero-order valence-corrected chi connectivity index (χ0v) is 12.4. The van der Waals surface area contributed by atoms with E-state index in [0.29, 0.717) is 12.5 Å². The van der Waals surface area contributed by atoms with Gasteiger partial charge in [-0.3, -0.25) is 9.69 Å². The van der Waals surface area contributed by atoms with E-state index in [-0.39, 0.29) is 6.54 Å². The van der Waals surface area contributed by atoms with Gasteiger partial charge in [-0.1, -0.05) is 5.16 Å². The Labute approximate surface area is 124 Å². The van der Waals surface area contributed by atoms with Crippen LogP contribution in [0.4, 0.5) is 0 Å². The minimum atomic E-state index is -0.809.